The Labute approximate surface area is 127 Å². The minimum Gasteiger partial charge on any atom is -0.480 e. The van der Waals surface area contributed by atoms with Crippen molar-refractivity contribution in [2.45, 2.75) is 38.4 Å². The third-order valence-corrected chi connectivity index (χ3v) is 2.80. The molecule has 8 N–H and O–H groups in total. The Morgan fingerprint density at radius 1 is 1.09 bits per heavy atom. The molecule has 0 bridgehead atoms. The van der Waals surface area contributed by atoms with Crippen molar-refractivity contribution in [2.24, 2.45) is 17.4 Å². The maximum atomic E-state index is 11.9. The highest BCUT2D eigenvalue weighted by molar-refractivity contribution is 5.93. The number of carboxylic acid groups (broad SMARTS) is 1. The van der Waals surface area contributed by atoms with E-state index in [4.69, 9.17) is 21.7 Å². The SMILES string of the molecule is CC(C)[C@H](NC(=O)[C@H](CO)NC(=O)[C@@H](N)CC(N)=O)C(=O)O. The van der Waals surface area contributed by atoms with Crippen LogP contribution in [-0.2, 0) is 19.2 Å². The second kappa shape index (κ2) is 8.95. The van der Waals surface area contributed by atoms with Gasteiger partial charge in [0.15, 0.2) is 0 Å². The summed E-state index contributed by atoms with van der Waals surface area (Å²) in [6.45, 7) is 2.42. The van der Waals surface area contributed by atoms with Crippen molar-refractivity contribution in [3.05, 3.63) is 0 Å². The van der Waals surface area contributed by atoms with E-state index in [1.807, 2.05) is 0 Å². The minimum absolute atomic E-state index is 0.395. The number of nitrogens with one attached hydrogen (secondary N) is 2. The summed E-state index contributed by atoms with van der Waals surface area (Å²) < 4.78 is 0. The average molecular weight is 318 g/mol. The molecule has 0 aliphatic carbocycles. The largest absolute Gasteiger partial charge is 0.480 e. The molecule has 3 atom stereocenters. The van der Waals surface area contributed by atoms with Gasteiger partial charge in [-0.3, -0.25) is 14.4 Å². The van der Waals surface area contributed by atoms with Gasteiger partial charge in [-0.1, -0.05) is 13.8 Å². The maximum Gasteiger partial charge on any atom is 0.326 e. The lowest BCUT2D eigenvalue weighted by molar-refractivity contribution is -0.143. The lowest BCUT2D eigenvalue weighted by Gasteiger charge is -2.22. The van der Waals surface area contributed by atoms with Crippen molar-refractivity contribution >= 4 is 23.7 Å². The van der Waals surface area contributed by atoms with E-state index in [1.54, 1.807) is 13.8 Å². The van der Waals surface area contributed by atoms with Crippen LogP contribution in [0.15, 0.2) is 0 Å². The number of carbonyl (C=O) groups excluding carboxylic acids is 3. The first-order chi connectivity index (χ1) is 10.1. The fourth-order valence-corrected chi connectivity index (χ4v) is 1.55. The molecule has 0 rings (SSSR count). The van der Waals surface area contributed by atoms with Crippen LogP contribution < -0.4 is 22.1 Å². The number of aliphatic hydroxyl groups excluding tert-OH is 1. The van der Waals surface area contributed by atoms with Crippen LogP contribution in [0.2, 0.25) is 0 Å². The van der Waals surface area contributed by atoms with Gasteiger partial charge in [0, 0.05) is 0 Å². The number of hydrogen-bond acceptors (Lipinski definition) is 6. The molecule has 3 amide bonds. The van der Waals surface area contributed by atoms with E-state index in [9.17, 15) is 19.2 Å². The zero-order valence-electron chi connectivity index (χ0n) is 12.4. The quantitative estimate of drug-likeness (QED) is 0.260. The Kier molecular flexibility index (Phi) is 8.05. The van der Waals surface area contributed by atoms with Crippen LogP contribution in [0, 0.1) is 5.92 Å². The molecule has 0 aromatic rings. The summed E-state index contributed by atoms with van der Waals surface area (Å²) in [5.74, 6) is -4.16. The minimum atomic E-state index is -1.38. The van der Waals surface area contributed by atoms with E-state index in [0.29, 0.717) is 0 Å². The highest BCUT2D eigenvalue weighted by Gasteiger charge is 2.29. The Bertz CT molecular complexity index is 439. The van der Waals surface area contributed by atoms with Crippen LogP contribution in [0.1, 0.15) is 20.3 Å². The van der Waals surface area contributed by atoms with E-state index in [1.165, 1.54) is 0 Å². The molecule has 0 radical (unpaired) electrons. The first-order valence-corrected chi connectivity index (χ1v) is 6.58. The molecule has 22 heavy (non-hydrogen) atoms. The van der Waals surface area contributed by atoms with Gasteiger partial charge in [0.1, 0.15) is 12.1 Å². The van der Waals surface area contributed by atoms with Crippen molar-refractivity contribution in [1.29, 1.82) is 0 Å². The van der Waals surface area contributed by atoms with Crippen molar-refractivity contribution in [2.75, 3.05) is 6.61 Å². The van der Waals surface area contributed by atoms with Crippen LogP contribution in [0.4, 0.5) is 0 Å². The number of aliphatic carboxylic acids is 1. The second-order valence-electron chi connectivity index (χ2n) is 5.09. The summed E-state index contributed by atoms with van der Waals surface area (Å²) in [7, 11) is 0. The molecule has 0 unspecified atom stereocenters. The summed E-state index contributed by atoms with van der Waals surface area (Å²) in [5, 5.41) is 22.5. The summed E-state index contributed by atoms with van der Waals surface area (Å²) in [6.07, 6.45) is -0.421. The van der Waals surface area contributed by atoms with Gasteiger partial charge in [0.05, 0.1) is 19.1 Å². The van der Waals surface area contributed by atoms with Crippen molar-refractivity contribution < 1.29 is 29.4 Å². The standard InChI is InChI=1S/C12H22N4O6/c1-5(2)9(12(21)22)16-11(20)7(4-17)15-10(19)6(13)3-8(14)18/h5-7,9,17H,3-4,13H2,1-2H3,(H2,14,18)(H,15,19)(H,16,20)(H,21,22)/t6-,7-,9-/m0/s1. The number of nitrogens with two attached hydrogens (primary N) is 2. The zero-order valence-corrected chi connectivity index (χ0v) is 12.4. The van der Waals surface area contributed by atoms with E-state index in [2.05, 4.69) is 10.6 Å². The van der Waals surface area contributed by atoms with Gasteiger partial charge in [0.2, 0.25) is 17.7 Å². The molecule has 0 aromatic heterocycles. The summed E-state index contributed by atoms with van der Waals surface area (Å²) in [5.41, 5.74) is 10.3. The predicted molar refractivity (Wildman–Crippen MR) is 75.2 cm³/mol. The van der Waals surface area contributed by atoms with Gasteiger partial charge in [-0.15, -0.1) is 0 Å². The molecule has 0 aliphatic rings. The van der Waals surface area contributed by atoms with E-state index < -0.39 is 60.8 Å². The molecule has 0 aliphatic heterocycles. The highest BCUT2D eigenvalue weighted by atomic mass is 16.4. The van der Waals surface area contributed by atoms with Crippen LogP contribution >= 0.6 is 0 Å². The third kappa shape index (κ3) is 6.50. The Morgan fingerprint density at radius 3 is 2.00 bits per heavy atom. The first-order valence-electron chi connectivity index (χ1n) is 6.58. The molecule has 10 nitrogen and oxygen atoms in total. The molecule has 0 fully saturated rings. The predicted octanol–water partition coefficient (Wildman–Crippen LogP) is -3.11. The molecule has 0 aromatic carbocycles. The number of rotatable bonds is 9. The number of carboxylic acids is 1. The number of primary amides is 1. The monoisotopic (exact) mass is 318 g/mol. The maximum absolute atomic E-state index is 11.9. The molecule has 0 spiro atoms. The fraction of sp³-hybridized carbons (Fsp3) is 0.667. The van der Waals surface area contributed by atoms with Gasteiger partial charge in [0.25, 0.3) is 0 Å². The molecule has 0 saturated carbocycles. The number of hydrogen-bond donors (Lipinski definition) is 6. The van der Waals surface area contributed by atoms with Crippen LogP contribution in [0.25, 0.3) is 0 Å². The van der Waals surface area contributed by atoms with Gasteiger partial charge < -0.3 is 32.3 Å². The van der Waals surface area contributed by atoms with Crippen LogP contribution in [0.5, 0.6) is 0 Å². The molecule has 10 heteroatoms. The van der Waals surface area contributed by atoms with E-state index in [0.717, 1.165) is 0 Å². The second-order valence-corrected chi connectivity index (χ2v) is 5.09. The Hall–Kier alpha value is -2.20. The number of aliphatic hydroxyl groups is 1. The number of amides is 3. The molecular weight excluding hydrogens is 296 g/mol. The smallest absolute Gasteiger partial charge is 0.326 e. The molecular formula is C12H22N4O6. The zero-order chi connectivity index (χ0) is 17.4. The van der Waals surface area contributed by atoms with Crippen molar-refractivity contribution in [3.63, 3.8) is 0 Å². The lowest BCUT2D eigenvalue weighted by Crippen LogP contribution is -2.57. The average Bonchev–Trinajstić information content (AvgIpc) is 2.39. The molecule has 126 valence electrons. The van der Waals surface area contributed by atoms with Gasteiger partial charge >= 0.3 is 5.97 Å². The van der Waals surface area contributed by atoms with Crippen LogP contribution in [0.3, 0.4) is 0 Å². The van der Waals surface area contributed by atoms with Gasteiger partial charge in [-0.25, -0.2) is 4.79 Å². The lowest BCUT2D eigenvalue weighted by atomic mass is 10.0. The Morgan fingerprint density at radius 2 is 1.64 bits per heavy atom. The van der Waals surface area contributed by atoms with E-state index >= 15 is 0 Å². The van der Waals surface area contributed by atoms with E-state index in [-0.39, 0.29) is 0 Å². The topological polar surface area (TPSA) is 185 Å². The summed E-state index contributed by atoms with van der Waals surface area (Å²) >= 11 is 0. The number of carbonyl (C=O) groups is 4. The fourth-order valence-electron chi connectivity index (χ4n) is 1.55. The summed E-state index contributed by atoms with van der Waals surface area (Å²) in [4.78, 5) is 45.2. The molecule has 0 heterocycles. The van der Waals surface area contributed by atoms with Crippen molar-refractivity contribution in [3.8, 4) is 0 Å². The third-order valence-electron chi connectivity index (χ3n) is 2.80. The van der Waals surface area contributed by atoms with Gasteiger partial charge in [-0.2, -0.15) is 0 Å². The molecule has 0 saturated heterocycles. The van der Waals surface area contributed by atoms with Gasteiger partial charge in [-0.05, 0) is 5.92 Å². The van der Waals surface area contributed by atoms with Crippen LogP contribution in [-0.4, -0.2) is 58.6 Å². The normalized spacial score (nSPS) is 14.8. The summed E-state index contributed by atoms with van der Waals surface area (Å²) in [6, 6.07) is -3.82. The highest BCUT2D eigenvalue weighted by Crippen LogP contribution is 2.02. The van der Waals surface area contributed by atoms with Crippen molar-refractivity contribution in [1.82, 2.24) is 10.6 Å². The first kappa shape index (κ1) is 19.8. The Balaban J connectivity index is 4.75.